The second-order valence-electron chi connectivity index (χ2n) is 5.16. The number of rotatable bonds is 4. The first kappa shape index (κ1) is 15.3. The molecule has 1 atom stereocenters. The highest BCUT2D eigenvalue weighted by atomic mass is 79.9. The molecule has 0 spiro atoms. The van der Waals surface area contributed by atoms with Crippen LogP contribution in [0.25, 0.3) is 0 Å². The van der Waals surface area contributed by atoms with Crippen molar-refractivity contribution >= 4 is 21.8 Å². The fraction of sp³-hybridized carbons (Fsp3) is 0.533. The summed E-state index contributed by atoms with van der Waals surface area (Å²) >= 11 is 3.42. The Hall–Kier alpha value is -1.07. The molecule has 1 amide bonds. The molecule has 0 aliphatic carbocycles. The molecule has 1 aliphatic rings. The zero-order valence-corrected chi connectivity index (χ0v) is 13.2. The molecule has 0 aromatic heterocycles. The van der Waals surface area contributed by atoms with Gasteiger partial charge in [0.1, 0.15) is 5.75 Å². The van der Waals surface area contributed by atoms with Crippen molar-refractivity contribution in [3.8, 4) is 5.75 Å². The van der Waals surface area contributed by atoms with Crippen LogP contribution in [0.2, 0.25) is 0 Å². The van der Waals surface area contributed by atoms with E-state index in [1.165, 1.54) is 0 Å². The van der Waals surface area contributed by atoms with Gasteiger partial charge in [-0.15, -0.1) is 0 Å². The molecule has 1 N–H and O–H groups in total. The second-order valence-corrected chi connectivity index (χ2v) is 6.08. The number of benzene rings is 1. The number of hydrogen-bond acceptors (Lipinski definition) is 3. The van der Waals surface area contributed by atoms with Gasteiger partial charge in [-0.3, -0.25) is 4.79 Å². The van der Waals surface area contributed by atoms with E-state index in [1.54, 1.807) is 7.11 Å². The fourth-order valence-electron chi connectivity index (χ4n) is 2.60. The summed E-state index contributed by atoms with van der Waals surface area (Å²) in [6, 6.07) is 5.68. The van der Waals surface area contributed by atoms with Gasteiger partial charge in [0.05, 0.1) is 13.5 Å². The minimum absolute atomic E-state index is 0.0968. The van der Waals surface area contributed by atoms with Crippen molar-refractivity contribution in [1.82, 2.24) is 4.90 Å². The minimum atomic E-state index is 0.0968. The van der Waals surface area contributed by atoms with Crippen molar-refractivity contribution in [1.29, 1.82) is 0 Å². The molecule has 1 unspecified atom stereocenters. The van der Waals surface area contributed by atoms with E-state index in [2.05, 4.69) is 15.9 Å². The average molecular weight is 342 g/mol. The van der Waals surface area contributed by atoms with Gasteiger partial charge in [0.15, 0.2) is 0 Å². The summed E-state index contributed by atoms with van der Waals surface area (Å²) in [4.78, 5) is 14.2. The van der Waals surface area contributed by atoms with E-state index in [4.69, 9.17) is 4.74 Å². The number of aliphatic hydroxyl groups is 1. The zero-order valence-electron chi connectivity index (χ0n) is 11.6. The largest absolute Gasteiger partial charge is 0.496 e. The van der Waals surface area contributed by atoms with Crippen molar-refractivity contribution in [3.05, 3.63) is 28.2 Å². The van der Waals surface area contributed by atoms with E-state index in [1.807, 2.05) is 23.1 Å². The average Bonchev–Trinajstić information content (AvgIpc) is 2.47. The summed E-state index contributed by atoms with van der Waals surface area (Å²) in [7, 11) is 1.61. The summed E-state index contributed by atoms with van der Waals surface area (Å²) in [6.07, 6.45) is 2.30. The first-order valence-corrected chi connectivity index (χ1v) is 7.64. The number of nitrogens with zero attached hydrogens (tertiary/aromatic N) is 1. The molecule has 0 radical (unpaired) electrons. The lowest BCUT2D eigenvalue weighted by Gasteiger charge is -2.32. The summed E-state index contributed by atoms with van der Waals surface area (Å²) in [5, 5.41) is 9.23. The molecule has 1 saturated heterocycles. The third-order valence-electron chi connectivity index (χ3n) is 3.71. The van der Waals surface area contributed by atoms with Crippen molar-refractivity contribution in [2.45, 2.75) is 19.3 Å². The molecule has 1 fully saturated rings. The Labute approximate surface area is 127 Å². The molecule has 0 bridgehead atoms. The van der Waals surface area contributed by atoms with Crippen molar-refractivity contribution in [3.63, 3.8) is 0 Å². The number of ether oxygens (including phenoxy) is 1. The highest BCUT2D eigenvalue weighted by Gasteiger charge is 2.23. The molecule has 1 aliphatic heterocycles. The number of carbonyl (C=O) groups is 1. The van der Waals surface area contributed by atoms with Crippen molar-refractivity contribution in [2.75, 3.05) is 26.8 Å². The normalized spacial score (nSPS) is 18.9. The van der Waals surface area contributed by atoms with Gasteiger partial charge in [0, 0.05) is 29.7 Å². The smallest absolute Gasteiger partial charge is 0.227 e. The van der Waals surface area contributed by atoms with Crippen LogP contribution in [0.5, 0.6) is 5.75 Å². The Morgan fingerprint density at radius 1 is 1.55 bits per heavy atom. The Morgan fingerprint density at radius 3 is 3.05 bits per heavy atom. The standard InChI is InChI=1S/C15H20BrNO3/c1-20-14-5-4-13(16)7-12(14)8-15(19)17-6-2-3-11(9-17)10-18/h4-5,7,11,18H,2-3,6,8-10H2,1H3. The van der Waals surface area contributed by atoms with E-state index in [0.717, 1.165) is 35.2 Å². The quantitative estimate of drug-likeness (QED) is 0.913. The molecule has 1 aromatic carbocycles. The fourth-order valence-corrected chi connectivity index (χ4v) is 3.01. The van der Waals surface area contributed by atoms with Gasteiger partial charge in [0.25, 0.3) is 0 Å². The minimum Gasteiger partial charge on any atom is -0.496 e. The maximum atomic E-state index is 12.4. The Balaban J connectivity index is 2.05. The van der Waals surface area contributed by atoms with Crippen LogP contribution < -0.4 is 4.74 Å². The lowest BCUT2D eigenvalue weighted by atomic mass is 9.98. The van der Waals surface area contributed by atoms with E-state index < -0.39 is 0 Å². The molecule has 4 nitrogen and oxygen atoms in total. The van der Waals surface area contributed by atoms with Gasteiger partial charge >= 0.3 is 0 Å². The number of hydrogen-bond donors (Lipinski definition) is 1. The lowest BCUT2D eigenvalue weighted by molar-refractivity contribution is -0.132. The number of methoxy groups -OCH3 is 1. The van der Waals surface area contributed by atoms with E-state index in [9.17, 15) is 9.90 Å². The van der Waals surface area contributed by atoms with E-state index in [0.29, 0.717) is 13.0 Å². The molecule has 1 heterocycles. The number of aliphatic hydroxyl groups excluding tert-OH is 1. The zero-order chi connectivity index (χ0) is 14.5. The second kappa shape index (κ2) is 7.09. The topological polar surface area (TPSA) is 49.8 Å². The van der Waals surface area contributed by atoms with Gasteiger partial charge in [-0.1, -0.05) is 15.9 Å². The summed E-state index contributed by atoms with van der Waals surface area (Å²) in [5.74, 6) is 1.05. The lowest BCUT2D eigenvalue weighted by Crippen LogP contribution is -2.41. The van der Waals surface area contributed by atoms with Crippen LogP contribution >= 0.6 is 15.9 Å². The molecule has 0 saturated carbocycles. The van der Waals surface area contributed by atoms with E-state index >= 15 is 0 Å². The van der Waals surface area contributed by atoms with Crippen LogP contribution in [0.15, 0.2) is 22.7 Å². The van der Waals surface area contributed by atoms with Crippen LogP contribution in [0.4, 0.5) is 0 Å². The van der Waals surface area contributed by atoms with Crippen molar-refractivity contribution in [2.24, 2.45) is 5.92 Å². The summed E-state index contributed by atoms with van der Waals surface area (Å²) in [5.41, 5.74) is 0.887. The molecule has 20 heavy (non-hydrogen) atoms. The van der Waals surface area contributed by atoms with Crippen LogP contribution in [0.1, 0.15) is 18.4 Å². The van der Waals surface area contributed by atoms with Gasteiger partial charge in [0.2, 0.25) is 5.91 Å². The van der Waals surface area contributed by atoms with Gasteiger partial charge in [-0.25, -0.2) is 0 Å². The SMILES string of the molecule is COc1ccc(Br)cc1CC(=O)N1CCCC(CO)C1. The molecule has 1 aromatic rings. The number of amides is 1. The van der Waals surface area contributed by atoms with Gasteiger partial charge in [-0.05, 0) is 37.0 Å². The van der Waals surface area contributed by atoms with Gasteiger partial charge < -0.3 is 14.7 Å². The van der Waals surface area contributed by atoms with Crippen LogP contribution in [-0.2, 0) is 11.2 Å². The van der Waals surface area contributed by atoms with Crippen LogP contribution in [-0.4, -0.2) is 42.7 Å². The summed E-state index contributed by atoms with van der Waals surface area (Å²) in [6.45, 7) is 1.60. The van der Waals surface area contributed by atoms with Gasteiger partial charge in [-0.2, -0.15) is 0 Å². The highest BCUT2D eigenvalue weighted by molar-refractivity contribution is 9.10. The van der Waals surface area contributed by atoms with E-state index in [-0.39, 0.29) is 18.4 Å². The number of halogens is 1. The monoisotopic (exact) mass is 341 g/mol. The third kappa shape index (κ3) is 3.73. The molecule has 2 rings (SSSR count). The molecule has 5 heteroatoms. The Morgan fingerprint density at radius 2 is 2.35 bits per heavy atom. The Bertz CT molecular complexity index is 478. The summed E-state index contributed by atoms with van der Waals surface area (Å²) < 4.78 is 6.24. The maximum Gasteiger partial charge on any atom is 0.227 e. The maximum absolute atomic E-state index is 12.4. The number of likely N-dealkylation sites (tertiary alicyclic amines) is 1. The van der Waals surface area contributed by atoms with Crippen LogP contribution in [0, 0.1) is 5.92 Å². The molecular formula is C15H20BrNO3. The first-order valence-electron chi connectivity index (χ1n) is 6.85. The number of piperidine rings is 1. The first-order chi connectivity index (χ1) is 9.63. The predicted octanol–water partition coefficient (Wildman–Crippen LogP) is 2.23. The molecular weight excluding hydrogens is 322 g/mol. The van der Waals surface area contributed by atoms with Crippen molar-refractivity contribution < 1.29 is 14.6 Å². The predicted molar refractivity (Wildman–Crippen MR) is 80.8 cm³/mol. The number of carbonyl (C=O) groups excluding carboxylic acids is 1. The molecule has 110 valence electrons. The third-order valence-corrected chi connectivity index (χ3v) is 4.21. The van der Waals surface area contributed by atoms with Crippen LogP contribution in [0.3, 0.4) is 0 Å². The highest BCUT2D eigenvalue weighted by Crippen LogP contribution is 2.25. The Kier molecular flexibility index (Phi) is 5.43.